The largest absolute Gasteiger partial charge is 0.497 e. The van der Waals surface area contributed by atoms with Crippen LogP contribution in [-0.4, -0.2) is 28.2 Å². The zero-order valence-electron chi connectivity index (χ0n) is 12.6. The lowest BCUT2D eigenvalue weighted by Gasteiger charge is -2.03. The molecule has 0 aliphatic heterocycles. The first-order valence-corrected chi connectivity index (χ1v) is 7.71. The molecule has 1 aromatic carbocycles. The molecular formula is C15H14N4O3S. The van der Waals surface area contributed by atoms with Gasteiger partial charge >= 0.3 is 6.01 Å². The lowest BCUT2D eigenvalue weighted by atomic mass is 10.1. The number of amides is 1. The molecule has 2 heterocycles. The van der Waals surface area contributed by atoms with E-state index >= 15 is 0 Å². The highest BCUT2D eigenvalue weighted by Crippen LogP contribution is 2.21. The van der Waals surface area contributed by atoms with Gasteiger partial charge in [0.2, 0.25) is 5.91 Å². The third kappa shape index (κ3) is 3.72. The number of carbonyl (C=O) groups is 1. The first-order chi connectivity index (χ1) is 11.1. The van der Waals surface area contributed by atoms with Crippen molar-refractivity contribution in [3.8, 4) is 17.3 Å². The number of nitrogens with one attached hydrogen (secondary N) is 1. The molecule has 0 radical (unpaired) electrons. The Morgan fingerprint density at radius 3 is 3.00 bits per heavy atom. The van der Waals surface area contributed by atoms with Crippen molar-refractivity contribution in [1.82, 2.24) is 15.2 Å². The minimum atomic E-state index is -0.247. The second-order valence-corrected chi connectivity index (χ2v) is 5.80. The van der Waals surface area contributed by atoms with Gasteiger partial charge in [0.1, 0.15) is 11.4 Å². The molecule has 118 valence electrons. The van der Waals surface area contributed by atoms with Crippen LogP contribution in [0.4, 0.5) is 6.01 Å². The van der Waals surface area contributed by atoms with E-state index in [0.717, 1.165) is 10.6 Å². The van der Waals surface area contributed by atoms with E-state index in [0.29, 0.717) is 11.4 Å². The van der Waals surface area contributed by atoms with Crippen LogP contribution in [0.25, 0.3) is 11.6 Å². The lowest BCUT2D eigenvalue weighted by molar-refractivity contribution is -0.115. The molecule has 1 amide bonds. The monoisotopic (exact) mass is 330 g/mol. The van der Waals surface area contributed by atoms with Gasteiger partial charge in [0, 0.05) is 5.38 Å². The number of thiazole rings is 1. The minimum absolute atomic E-state index is 0.0542. The number of ether oxygens (including phenoxy) is 1. The van der Waals surface area contributed by atoms with Crippen molar-refractivity contribution in [2.24, 2.45) is 0 Å². The standard InChI is InChI=1S/C15H14N4O3S/c1-9-16-12(8-23-9)14-18-19-15(22-14)17-13(20)7-10-4-3-5-11(6-10)21-2/h3-6,8H,7H2,1-2H3,(H,17,19,20). The number of aryl methyl sites for hydroxylation is 1. The normalized spacial score (nSPS) is 10.5. The second kappa shape index (κ2) is 6.57. The Morgan fingerprint density at radius 2 is 2.26 bits per heavy atom. The maximum atomic E-state index is 12.0. The zero-order valence-corrected chi connectivity index (χ0v) is 13.4. The average molecular weight is 330 g/mol. The number of benzene rings is 1. The van der Waals surface area contributed by atoms with Crippen molar-refractivity contribution in [2.75, 3.05) is 12.4 Å². The van der Waals surface area contributed by atoms with Crippen LogP contribution in [-0.2, 0) is 11.2 Å². The van der Waals surface area contributed by atoms with Crippen LogP contribution in [0, 0.1) is 6.92 Å². The number of hydrogen-bond acceptors (Lipinski definition) is 7. The first kappa shape index (κ1) is 15.2. The Morgan fingerprint density at radius 1 is 1.39 bits per heavy atom. The van der Waals surface area contributed by atoms with Crippen LogP contribution in [0.1, 0.15) is 10.6 Å². The molecule has 0 bridgehead atoms. The number of anilines is 1. The van der Waals surface area contributed by atoms with Gasteiger partial charge in [-0.05, 0) is 24.6 Å². The van der Waals surface area contributed by atoms with Crippen LogP contribution in [0.15, 0.2) is 34.1 Å². The minimum Gasteiger partial charge on any atom is -0.497 e. The van der Waals surface area contributed by atoms with Gasteiger partial charge < -0.3 is 9.15 Å². The molecular weight excluding hydrogens is 316 g/mol. The van der Waals surface area contributed by atoms with Crippen molar-refractivity contribution >= 4 is 23.3 Å². The number of carbonyl (C=O) groups excluding carboxylic acids is 1. The quantitative estimate of drug-likeness (QED) is 0.773. The maximum Gasteiger partial charge on any atom is 0.322 e. The summed E-state index contributed by atoms with van der Waals surface area (Å²) in [5.74, 6) is 0.739. The van der Waals surface area contributed by atoms with Crippen LogP contribution in [0.5, 0.6) is 5.75 Å². The lowest BCUT2D eigenvalue weighted by Crippen LogP contribution is -2.14. The molecule has 7 nitrogen and oxygen atoms in total. The number of hydrogen-bond donors (Lipinski definition) is 1. The third-order valence-corrected chi connectivity index (χ3v) is 3.78. The summed E-state index contributed by atoms with van der Waals surface area (Å²) in [7, 11) is 1.58. The fraction of sp³-hybridized carbons (Fsp3) is 0.200. The van der Waals surface area contributed by atoms with E-state index in [2.05, 4.69) is 20.5 Å². The summed E-state index contributed by atoms with van der Waals surface area (Å²) in [5, 5.41) is 13.0. The van der Waals surface area contributed by atoms with Crippen LogP contribution >= 0.6 is 11.3 Å². The van der Waals surface area contributed by atoms with E-state index in [-0.39, 0.29) is 24.2 Å². The van der Waals surface area contributed by atoms with Crippen molar-refractivity contribution in [1.29, 1.82) is 0 Å². The summed E-state index contributed by atoms with van der Waals surface area (Å²) < 4.78 is 10.5. The predicted octanol–water partition coefficient (Wildman–Crippen LogP) is 2.69. The van der Waals surface area contributed by atoms with Gasteiger partial charge in [0.25, 0.3) is 5.89 Å². The Balaban J connectivity index is 1.65. The van der Waals surface area contributed by atoms with Crippen LogP contribution in [0.3, 0.4) is 0 Å². The summed E-state index contributed by atoms with van der Waals surface area (Å²) in [5.41, 5.74) is 1.44. The number of aromatic nitrogens is 3. The predicted molar refractivity (Wildman–Crippen MR) is 85.5 cm³/mol. The molecule has 3 aromatic rings. The highest BCUT2D eigenvalue weighted by molar-refractivity contribution is 7.09. The summed E-state index contributed by atoms with van der Waals surface area (Å²) >= 11 is 1.49. The van der Waals surface area contributed by atoms with Crippen molar-refractivity contribution in [3.05, 3.63) is 40.2 Å². The summed E-state index contributed by atoms with van der Waals surface area (Å²) in [6.45, 7) is 1.89. The Bertz CT molecular complexity index is 828. The Hall–Kier alpha value is -2.74. The van der Waals surface area contributed by atoms with E-state index in [1.54, 1.807) is 13.2 Å². The van der Waals surface area contributed by atoms with Gasteiger partial charge in [-0.25, -0.2) is 4.98 Å². The molecule has 0 saturated carbocycles. The van der Waals surface area contributed by atoms with Crippen LogP contribution in [0.2, 0.25) is 0 Å². The van der Waals surface area contributed by atoms with Crippen molar-refractivity contribution < 1.29 is 13.9 Å². The topological polar surface area (TPSA) is 90.1 Å². The van der Waals surface area contributed by atoms with Crippen molar-refractivity contribution in [3.63, 3.8) is 0 Å². The van der Waals surface area contributed by atoms with Gasteiger partial charge in [-0.2, -0.15) is 0 Å². The number of methoxy groups -OCH3 is 1. The molecule has 0 fully saturated rings. The molecule has 8 heteroatoms. The fourth-order valence-electron chi connectivity index (χ4n) is 1.97. The van der Waals surface area contributed by atoms with Gasteiger partial charge in [0.15, 0.2) is 0 Å². The van der Waals surface area contributed by atoms with E-state index in [1.807, 2.05) is 30.5 Å². The summed E-state index contributed by atoms with van der Waals surface area (Å²) in [6.07, 6.45) is 0.185. The zero-order chi connectivity index (χ0) is 16.2. The number of nitrogens with zero attached hydrogens (tertiary/aromatic N) is 3. The summed E-state index contributed by atoms with van der Waals surface area (Å²) in [6, 6.07) is 7.35. The maximum absolute atomic E-state index is 12.0. The molecule has 0 saturated heterocycles. The molecule has 0 atom stereocenters. The van der Waals surface area contributed by atoms with Gasteiger partial charge in [-0.1, -0.05) is 17.2 Å². The van der Waals surface area contributed by atoms with Crippen LogP contribution < -0.4 is 10.1 Å². The molecule has 0 spiro atoms. The molecule has 0 aliphatic carbocycles. The fourth-order valence-corrected chi connectivity index (χ4v) is 2.56. The number of rotatable bonds is 5. The Labute approximate surface area is 136 Å². The molecule has 0 unspecified atom stereocenters. The summed E-state index contributed by atoms with van der Waals surface area (Å²) in [4.78, 5) is 16.3. The van der Waals surface area contributed by atoms with E-state index in [4.69, 9.17) is 9.15 Å². The first-order valence-electron chi connectivity index (χ1n) is 6.83. The van der Waals surface area contributed by atoms with E-state index in [1.165, 1.54) is 11.3 Å². The van der Waals surface area contributed by atoms with Gasteiger partial charge in [0.05, 0.1) is 18.5 Å². The van der Waals surface area contributed by atoms with E-state index in [9.17, 15) is 4.79 Å². The average Bonchev–Trinajstić information content (AvgIpc) is 3.16. The molecule has 1 N–H and O–H groups in total. The highest BCUT2D eigenvalue weighted by atomic mass is 32.1. The molecule has 2 aromatic heterocycles. The highest BCUT2D eigenvalue weighted by Gasteiger charge is 2.13. The molecule has 3 rings (SSSR count). The smallest absolute Gasteiger partial charge is 0.322 e. The SMILES string of the molecule is COc1cccc(CC(=O)Nc2nnc(-c3csc(C)n3)o2)c1. The van der Waals surface area contributed by atoms with Gasteiger partial charge in [-0.3, -0.25) is 10.1 Å². The molecule has 23 heavy (non-hydrogen) atoms. The third-order valence-electron chi connectivity index (χ3n) is 3.01. The Kier molecular flexibility index (Phi) is 4.33. The van der Waals surface area contributed by atoms with Crippen molar-refractivity contribution in [2.45, 2.75) is 13.3 Å². The second-order valence-electron chi connectivity index (χ2n) is 4.74. The van der Waals surface area contributed by atoms with Gasteiger partial charge in [-0.15, -0.1) is 16.4 Å². The van der Waals surface area contributed by atoms with E-state index < -0.39 is 0 Å². The molecule has 0 aliphatic rings.